The number of fused-ring (bicyclic) bond motifs is 1. The van der Waals surface area contributed by atoms with Gasteiger partial charge < -0.3 is 20.1 Å². The molecular formula is C20H28N2O4. The van der Waals surface area contributed by atoms with E-state index in [0.717, 1.165) is 29.9 Å². The number of carbonyl (C=O) groups is 2. The summed E-state index contributed by atoms with van der Waals surface area (Å²) in [6.07, 6.45) is 4.61. The summed E-state index contributed by atoms with van der Waals surface area (Å²) in [5, 5.41) is 5.77. The van der Waals surface area contributed by atoms with Crippen molar-refractivity contribution in [3.63, 3.8) is 0 Å². The van der Waals surface area contributed by atoms with Crippen LogP contribution in [0.25, 0.3) is 0 Å². The van der Waals surface area contributed by atoms with Crippen LogP contribution >= 0.6 is 0 Å². The van der Waals surface area contributed by atoms with Gasteiger partial charge in [0.1, 0.15) is 13.2 Å². The molecule has 3 rings (SSSR count). The SMILES string of the molecule is CC(=O)NCCCCNC(=O)CC(c1ccc2c(c1)OCCO2)C1CC1. The smallest absolute Gasteiger partial charge is 0.220 e. The first-order chi connectivity index (χ1) is 12.6. The fourth-order valence-electron chi connectivity index (χ4n) is 3.36. The highest BCUT2D eigenvalue weighted by atomic mass is 16.6. The number of unbranched alkanes of at least 4 members (excludes halogenated alkanes) is 1. The van der Waals surface area contributed by atoms with Crippen molar-refractivity contribution in [3.8, 4) is 11.5 Å². The number of benzene rings is 1. The zero-order chi connectivity index (χ0) is 18.4. The Morgan fingerprint density at radius 3 is 2.46 bits per heavy atom. The lowest BCUT2D eigenvalue weighted by Gasteiger charge is -2.22. The Hall–Kier alpha value is -2.24. The third kappa shape index (κ3) is 5.38. The second-order valence-electron chi connectivity index (χ2n) is 7.09. The van der Waals surface area contributed by atoms with Gasteiger partial charge in [0, 0.05) is 26.4 Å². The maximum Gasteiger partial charge on any atom is 0.220 e. The van der Waals surface area contributed by atoms with E-state index in [2.05, 4.69) is 16.7 Å². The Morgan fingerprint density at radius 1 is 1.08 bits per heavy atom. The lowest BCUT2D eigenvalue weighted by Crippen LogP contribution is -2.27. The molecule has 1 fully saturated rings. The highest BCUT2D eigenvalue weighted by Crippen LogP contribution is 2.46. The van der Waals surface area contributed by atoms with Gasteiger partial charge in [-0.25, -0.2) is 0 Å². The minimum absolute atomic E-state index is 0.0132. The van der Waals surface area contributed by atoms with Crippen LogP contribution in [-0.2, 0) is 9.59 Å². The van der Waals surface area contributed by atoms with Crippen LogP contribution in [0.15, 0.2) is 18.2 Å². The second-order valence-corrected chi connectivity index (χ2v) is 7.09. The highest BCUT2D eigenvalue weighted by molar-refractivity contribution is 5.77. The summed E-state index contributed by atoms with van der Waals surface area (Å²) in [7, 11) is 0. The Balaban J connectivity index is 1.48. The van der Waals surface area contributed by atoms with Gasteiger partial charge in [-0.1, -0.05) is 6.07 Å². The molecule has 1 saturated carbocycles. The van der Waals surface area contributed by atoms with E-state index in [1.54, 1.807) is 0 Å². The van der Waals surface area contributed by atoms with E-state index < -0.39 is 0 Å². The van der Waals surface area contributed by atoms with Crippen molar-refractivity contribution in [1.82, 2.24) is 10.6 Å². The molecular weight excluding hydrogens is 332 g/mol. The van der Waals surface area contributed by atoms with Crippen LogP contribution in [-0.4, -0.2) is 38.1 Å². The van der Waals surface area contributed by atoms with Gasteiger partial charge >= 0.3 is 0 Å². The molecule has 1 heterocycles. The number of hydrogen-bond donors (Lipinski definition) is 2. The molecule has 2 N–H and O–H groups in total. The summed E-state index contributed by atoms with van der Waals surface area (Å²) in [6.45, 7) is 3.98. The third-order valence-electron chi connectivity index (χ3n) is 4.89. The molecule has 0 radical (unpaired) electrons. The standard InChI is InChI=1S/C20H28N2O4/c1-14(23)21-8-2-3-9-22-20(24)13-17(15-4-5-15)16-6-7-18-19(12-16)26-11-10-25-18/h6-7,12,15,17H,2-5,8-11,13H2,1H3,(H,21,23)(H,22,24). The van der Waals surface area contributed by atoms with E-state index in [1.807, 2.05) is 12.1 Å². The number of carbonyl (C=O) groups excluding carboxylic acids is 2. The Kier molecular flexibility index (Phi) is 6.36. The number of ether oxygens (including phenoxy) is 2. The summed E-state index contributed by atoms with van der Waals surface area (Å²) < 4.78 is 11.3. The van der Waals surface area contributed by atoms with Crippen molar-refractivity contribution in [2.45, 2.75) is 44.9 Å². The van der Waals surface area contributed by atoms with Crippen molar-refractivity contribution >= 4 is 11.8 Å². The van der Waals surface area contributed by atoms with Gasteiger partial charge in [-0.05, 0) is 55.2 Å². The first-order valence-corrected chi connectivity index (χ1v) is 9.54. The lowest BCUT2D eigenvalue weighted by atomic mass is 9.90. The molecule has 1 unspecified atom stereocenters. The van der Waals surface area contributed by atoms with Gasteiger partial charge in [-0.2, -0.15) is 0 Å². The lowest BCUT2D eigenvalue weighted by molar-refractivity contribution is -0.122. The van der Waals surface area contributed by atoms with E-state index in [-0.39, 0.29) is 17.7 Å². The zero-order valence-electron chi connectivity index (χ0n) is 15.4. The van der Waals surface area contributed by atoms with Crippen LogP contribution in [0.1, 0.15) is 50.5 Å². The van der Waals surface area contributed by atoms with E-state index in [9.17, 15) is 9.59 Å². The van der Waals surface area contributed by atoms with Crippen molar-refractivity contribution in [3.05, 3.63) is 23.8 Å². The van der Waals surface area contributed by atoms with Crippen LogP contribution in [0.5, 0.6) is 11.5 Å². The fourth-order valence-corrected chi connectivity index (χ4v) is 3.36. The molecule has 2 amide bonds. The molecule has 1 atom stereocenters. The Labute approximate surface area is 154 Å². The summed E-state index contributed by atoms with van der Waals surface area (Å²) in [5.41, 5.74) is 1.16. The van der Waals surface area contributed by atoms with Crippen LogP contribution in [0.2, 0.25) is 0 Å². The molecule has 6 nitrogen and oxygen atoms in total. The minimum atomic E-state index is -0.0132. The van der Waals surface area contributed by atoms with Gasteiger partial charge in [-0.3, -0.25) is 9.59 Å². The van der Waals surface area contributed by atoms with Crippen LogP contribution in [0.3, 0.4) is 0 Å². The zero-order valence-corrected chi connectivity index (χ0v) is 15.4. The van der Waals surface area contributed by atoms with Gasteiger partial charge in [0.15, 0.2) is 11.5 Å². The fraction of sp³-hybridized carbons (Fsp3) is 0.600. The molecule has 0 bridgehead atoms. The van der Waals surface area contributed by atoms with Gasteiger partial charge in [0.25, 0.3) is 0 Å². The molecule has 142 valence electrons. The predicted octanol–water partition coefficient (Wildman–Crippen LogP) is 2.37. The number of rotatable bonds is 9. The summed E-state index contributed by atoms with van der Waals surface area (Å²) in [4.78, 5) is 23.2. The molecule has 2 aliphatic rings. The van der Waals surface area contributed by atoms with E-state index in [1.165, 1.54) is 19.8 Å². The largest absolute Gasteiger partial charge is 0.486 e. The van der Waals surface area contributed by atoms with Crippen LogP contribution in [0.4, 0.5) is 0 Å². The number of hydrogen-bond acceptors (Lipinski definition) is 4. The van der Waals surface area contributed by atoms with Crippen LogP contribution < -0.4 is 20.1 Å². The molecule has 0 saturated heterocycles. The molecule has 6 heteroatoms. The Bertz CT molecular complexity index is 643. The minimum Gasteiger partial charge on any atom is -0.486 e. The normalized spacial score (nSPS) is 16.7. The van der Waals surface area contributed by atoms with Crippen molar-refractivity contribution < 1.29 is 19.1 Å². The molecule has 1 aliphatic carbocycles. The average molecular weight is 360 g/mol. The maximum absolute atomic E-state index is 12.4. The number of amides is 2. The number of nitrogens with one attached hydrogen (secondary N) is 2. The molecule has 0 spiro atoms. The summed E-state index contributed by atoms with van der Waals surface area (Å²) >= 11 is 0. The third-order valence-corrected chi connectivity index (χ3v) is 4.89. The van der Waals surface area contributed by atoms with E-state index >= 15 is 0 Å². The van der Waals surface area contributed by atoms with Crippen molar-refractivity contribution in [1.29, 1.82) is 0 Å². The topological polar surface area (TPSA) is 76.7 Å². The van der Waals surface area contributed by atoms with Crippen molar-refractivity contribution in [2.75, 3.05) is 26.3 Å². The second kappa shape index (κ2) is 8.92. The molecule has 1 aliphatic heterocycles. The first-order valence-electron chi connectivity index (χ1n) is 9.54. The molecule has 0 aromatic heterocycles. The molecule has 1 aromatic rings. The average Bonchev–Trinajstić information content (AvgIpc) is 3.47. The summed E-state index contributed by atoms with van der Waals surface area (Å²) in [5.74, 6) is 2.49. The van der Waals surface area contributed by atoms with Crippen molar-refractivity contribution in [2.24, 2.45) is 5.92 Å². The Morgan fingerprint density at radius 2 is 1.77 bits per heavy atom. The molecule has 26 heavy (non-hydrogen) atoms. The monoisotopic (exact) mass is 360 g/mol. The summed E-state index contributed by atoms with van der Waals surface area (Å²) in [6, 6.07) is 6.06. The van der Waals surface area contributed by atoms with Gasteiger partial charge in [-0.15, -0.1) is 0 Å². The van der Waals surface area contributed by atoms with E-state index in [4.69, 9.17) is 9.47 Å². The highest BCUT2D eigenvalue weighted by Gasteiger charge is 2.34. The van der Waals surface area contributed by atoms with Gasteiger partial charge in [0.2, 0.25) is 11.8 Å². The first kappa shape index (κ1) is 18.5. The molecule has 1 aromatic carbocycles. The van der Waals surface area contributed by atoms with Gasteiger partial charge in [0.05, 0.1) is 0 Å². The maximum atomic E-state index is 12.4. The van der Waals surface area contributed by atoms with E-state index in [0.29, 0.717) is 38.6 Å². The van der Waals surface area contributed by atoms with Crippen LogP contribution in [0, 0.1) is 5.92 Å². The predicted molar refractivity (Wildman–Crippen MR) is 98.4 cm³/mol. The quantitative estimate of drug-likeness (QED) is 0.663.